The Balaban J connectivity index is 0.886. The molecule has 112 heavy (non-hydrogen) atoms. The van der Waals surface area contributed by atoms with Gasteiger partial charge in [0.25, 0.3) is 23.6 Å². The predicted molar refractivity (Wildman–Crippen MR) is 441 cm³/mol. The zero-order valence-corrected chi connectivity index (χ0v) is 63.9. The Hall–Kier alpha value is -12.5. The topological polar surface area (TPSA) is 198 Å². The molecule has 4 N–H and O–H groups in total. The van der Waals surface area contributed by atoms with Crippen molar-refractivity contribution in [2.24, 2.45) is 0 Å². The van der Waals surface area contributed by atoms with Crippen molar-refractivity contribution in [3.05, 3.63) is 358 Å². The molecule has 0 aromatic heterocycles. The van der Waals surface area contributed by atoms with Crippen molar-refractivity contribution in [3.8, 4) is 0 Å². The molecule has 16 nitrogen and oxygen atoms in total. The van der Waals surface area contributed by atoms with Crippen LogP contribution in [0.4, 0.5) is 0 Å². The van der Waals surface area contributed by atoms with E-state index in [1.54, 1.807) is 48.5 Å². The molecule has 18 heteroatoms. The van der Waals surface area contributed by atoms with Crippen LogP contribution in [0.2, 0.25) is 0 Å². The van der Waals surface area contributed by atoms with Gasteiger partial charge in [-0.25, -0.2) is 20.0 Å². The molecule has 4 fully saturated rings. The lowest BCUT2D eigenvalue weighted by molar-refractivity contribution is -0.171. The monoisotopic (exact) mass is 1510 g/mol. The van der Waals surface area contributed by atoms with Crippen molar-refractivity contribution < 1.29 is 38.4 Å². The quantitative estimate of drug-likeness (QED) is 0.0609. The molecule has 554 valence electrons. The minimum absolute atomic E-state index is 0.165. The van der Waals surface area contributed by atoms with E-state index in [4.69, 9.17) is 0 Å². The van der Waals surface area contributed by atoms with Gasteiger partial charge in [0, 0.05) is 47.9 Å². The lowest BCUT2D eigenvalue weighted by Gasteiger charge is -2.38. The maximum absolute atomic E-state index is 15.9. The predicted octanol–water partition coefficient (Wildman–Crippen LogP) is 18.0. The van der Waals surface area contributed by atoms with Crippen LogP contribution in [0.15, 0.2) is 291 Å². The summed E-state index contributed by atoms with van der Waals surface area (Å²) in [5, 5.41) is 28.6. The second-order valence-electron chi connectivity index (χ2n) is 29.2. The summed E-state index contributed by atoms with van der Waals surface area (Å²) in [4.78, 5) is 127. The van der Waals surface area contributed by atoms with Gasteiger partial charge in [-0.15, -0.1) is 0 Å². The van der Waals surface area contributed by atoms with Crippen molar-refractivity contribution in [1.29, 1.82) is 0 Å². The van der Waals surface area contributed by atoms with Gasteiger partial charge in [0.15, 0.2) is 0 Å². The molecule has 13 aromatic carbocycles. The number of hydrazine groups is 2. The third kappa shape index (κ3) is 13.0. The number of rotatable bonds is 18. The van der Waals surface area contributed by atoms with E-state index < -0.39 is 86.8 Å². The average Bonchev–Trinajstić information content (AvgIpc) is 1.53. The van der Waals surface area contributed by atoms with Gasteiger partial charge >= 0.3 is 0 Å². The number of carbonyl (C=O) groups is 8. The fourth-order valence-electron chi connectivity index (χ4n) is 17.3. The van der Waals surface area contributed by atoms with Crippen LogP contribution in [0.5, 0.6) is 0 Å². The molecule has 0 radical (unpaired) electrons. The van der Waals surface area contributed by atoms with Gasteiger partial charge in [0.1, 0.15) is 23.1 Å². The highest BCUT2D eigenvalue weighted by molar-refractivity contribution is 7.73. The number of nitrogens with one attached hydrogen (secondary N) is 4. The van der Waals surface area contributed by atoms with Crippen LogP contribution in [0.25, 0.3) is 43.1 Å². The minimum atomic E-state index is -2.28. The fraction of sp³-hybridized carbons (Fsp3) is 0.170. The second-order valence-corrected chi connectivity index (χ2v) is 33.7. The fourth-order valence-corrected chi connectivity index (χ4v) is 24.8. The van der Waals surface area contributed by atoms with Crippen LogP contribution in [0.3, 0.4) is 0 Å². The summed E-state index contributed by atoms with van der Waals surface area (Å²) in [6, 6.07) is 90.3. The summed E-state index contributed by atoms with van der Waals surface area (Å²) in [6.45, 7) is 7.74. The molecule has 8 amide bonds. The Morgan fingerprint density at radius 3 is 0.705 bits per heavy atom. The Labute approximate surface area is 651 Å². The molecule has 13 aromatic rings. The lowest BCUT2D eigenvalue weighted by atomic mass is 9.99. The molecule has 4 saturated heterocycles. The van der Waals surface area contributed by atoms with Gasteiger partial charge < -0.3 is 21.3 Å². The van der Waals surface area contributed by atoms with E-state index in [2.05, 4.69) is 21.3 Å². The van der Waals surface area contributed by atoms with Crippen LogP contribution >= 0.6 is 15.8 Å². The highest BCUT2D eigenvalue weighted by Crippen LogP contribution is 2.75. The highest BCUT2D eigenvalue weighted by atomic mass is 31.1. The molecule has 0 saturated carbocycles. The number of hydrogen-bond donors (Lipinski definition) is 4. The molecule has 4 aliphatic heterocycles. The smallest absolute Gasteiger partial charge is 0.252 e. The van der Waals surface area contributed by atoms with Crippen molar-refractivity contribution >= 4 is 117 Å². The van der Waals surface area contributed by atoms with E-state index in [0.29, 0.717) is 32.9 Å². The first-order chi connectivity index (χ1) is 54.6. The zero-order valence-electron chi connectivity index (χ0n) is 62.1. The van der Waals surface area contributed by atoms with Crippen molar-refractivity contribution in [2.45, 2.75) is 101 Å². The van der Waals surface area contributed by atoms with Crippen molar-refractivity contribution in [3.63, 3.8) is 0 Å². The second kappa shape index (κ2) is 30.4. The Bertz CT molecular complexity index is 5270. The Kier molecular flexibility index (Phi) is 19.7. The summed E-state index contributed by atoms with van der Waals surface area (Å²) >= 11 is 0. The van der Waals surface area contributed by atoms with E-state index in [0.717, 1.165) is 65.3 Å². The maximum Gasteiger partial charge on any atom is 0.252 e. The van der Waals surface area contributed by atoms with Gasteiger partial charge in [-0.3, -0.25) is 38.4 Å². The number of benzene rings is 13. The number of carbonyl (C=O) groups excluding carboxylic acids is 8. The first-order valence-electron chi connectivity index (χ1n) is 38.1. The summed E-state index contributed by atoms with van der Waals surface area (Å²) < 4.78 is 0. The van der Waals surface area contributed by atoms with E-state index >= 15 is 38.4 Å². The zero-order chi connectivity index (χ0) is 77.0. The molecule has 0 spiro atoms. The number of hydrogen-bond acceptors (Lipinski definition) is 8. The van der Waals surface area contributed by atoms with Crippen LogP contribution in [-0.4, -0.2) is 67.3 Å². The third-order valence-electron chi connectivity index (χ3n) is 22.5. The van der Waals surface area contributed by atoms with Crippen LogP contribution < -0.4 is 31.9 Å². The molecule has 4 aliphatic rings. The third-order valence-corrected chi connectivity index (χ3v) is 28.7. The van der Waals surface area contributed by atoms with Gasteiger partial charge in [0.2, 0.25) is 23.6 Å². The number of fused-ring (bicyclic) bond motifs is 6. The SMILES string of the molecule is C[C@H](NC(=O)c1ccccc1[C@H]1N2C(=O)CCC(=O)N2[C@H](c2ccccc2C(=O)N[C@@H](C)c2cccc3ccccc23)P1c1ccccc1P1[C@@H](c2ccccc2C(=O)N[C@@H](C)c2cccc3ccccc23)N2C(=O)CCC(=O)N2[C@@H]1c1ccccc1C(=O)N[C@@H](C)c1cccc2ccccc12)c1cccc2ccccc12. The van der Waals surface area contributed by atoms with Crippen LogP contribution in [0.1, 0.15) is 187 Å². The Morgan fingerprint density at radius 1 is 0.268 bits per heavy atom. The molecule has 8 atom stereocenters. The largest absolute Gasteiger partial charge is 0.345 e. The molecule has 0 aliphatic carbocycles. The van der Waals surface area contributed by atoms with Gasteiger partial charge in [-0.1, -0.05) is 267 Å². The summed E-state index contributed by atoms with van der Waals surface area (Å²) in [7, 11) is -4.56. The highest BCUT2D eigenvalue weighted by Gasteiger charge is 2.61. The standard InChI is InChI=1S/C94H80N8O8P2/c1-57(65-47-23-31-61-27-5-9-35-69(61)65)95-87(107)73-39-13-17-43-77(73)91-99-83(103)53-54-84(104)100(99)92(78-44-18-14-40-74(78)88(108)96-58(2)66-48-24-32-62-28-6-10-36-70(62)66)111(91)81-51-21-22-52-82(81)112-93(79-45-19-15-41-75(79)89(109)97-59(3)67-49-25-33-63-29-7-11-37-71(63)67)101-85(105)55-56-86(106)102(101)94(112)80-46-20-16-42-76(80)90(110)98-60(4)68-50-26-34-64-30-8-12-38-72(64)68/h5-52,57-60,91-94H,53-56H2,1-4H3,(H,95,107)(H,96,108)(H,97,109)(H,98,110)/t57-,58-,59-,60-,91-,92-,93-,94-/m0/s1. The number of nitrogens with zero attached hydrogens (tertiary/aromatic N) is 4. The molecular formula is C94H80N8O8P2. The first kappa shape index (κ1) is 72.4. The molecule has 4 heterocycles. The summed E-state index contributed by atoms with van der Waals surface area (Å²) in [5.41, 5.74) is 6.21. The summed E-state index contributed by atoms with van der Waals surface area (Å²) in [5.74, 6) is -7.87. The van der Waals surface area contributed by atoms with Crippen LogP contribution in [0, 0.1) is 0 Å². The molecule has 17 rings (SSSR count). The molecule has 0 bridgehead atoms. The molecule has 0 unspecified atom stereocenters. The number of amides is 8. The Morgan fingerprint density at radius 2 is 0.464 bits per heavy atom. The lowest BCUT2D eigenvalue weighted by Crippen LogP contribution is -2.50. The summed E-state index contributed by atoms with van der Waals surface area (Å²) in [6.07, 6.45) is -0.661. The average molecular weight is 1510 g/mol. The van der Waals surface area contributed by atoms with Crippen LogP contribution in [-0.2, 0) is 19.2 Å². The van der Waals surface area contributed by atoms with E-state index in [9.17, 15) is 0 Å². The minimum Gasteiger partial charge on any atom is -0.345 e. The van der Waals surface area contributed by atoms with Crippen molar-refractivity contribution in [1.82, 2.24) is 41.3 Å². The van der Waals surface area contributed by atoms with E-state index in [1.165, 1.54) is 20.0 Å². The maximum atomic E-state index is 15.9. The van der Waals surface area contributed by atoms with Crippen molar-refractivity contribution in [2.75, 3.05) is 0 Å². The normalized spacial score (nSPS) is 18.3. The van der Waals surface area contributed by atoms with E-state index in [-0.39, 0.29) is 71.6 Å². The van der Waals surface area contributed by atoms with Gasteiger partial charge in [-0.05, 0) is 166 Å². The molecular weight excluding hydrogens is 1430 g/mol. The first-order valence-corrected chi connectivity index (χ1v) is 41.0. The van der Waals surface area contributed by atoms with Gasteiger partial charge in [0.05, 0.1) is 24.2 Å². The van der Waals surface area contributed by atoms with Gasteiger partial charge in [-0.2, -0.15) is 0 Å². The van der Waals surface area contributed by atoms with E-state index in [1.807, 2.05) is 270 Å².